The lowest BCUT2D eigenvalue weighted by molar-refractivity contribution is 0.585. The first kappa shape index (κ1) is 9.21. The topological polar surface area (TPSA) is 28.7 Å². The van der Waals surface area contributed by atoms with Gasteiger partial charge in [0.1, 0.15) is 11.6 Å². The average Bonchev–Trinajstić information content (AvgIpc) is 2.51. The highest BCUT2D eigenvalue weighted by Crippen LogP contribution is 2.21. The molecule has 1 aromatic carbocycles. The number of thiol groups is 1. The Hall–Kier alpha value is -1.36. The number of halogens is 2. The third-order valence-corrected chi connectivity index (χ3v) is 2.00. The summed E-state index contributed by atoms with van der Waals surface area (Å²) in [5, 5.41) is 0.392. The average molecular weight is 212 g/mol. The molecule has 0 aliphatic rings. The molecule has 2 rings (SSSR count). The number of aromatic amines is 1. The van der Waals surface area contributed by atoms with Gasteiger partial charge >= 0.3 is 0 Å². The maximum absolute atomic E-state index is 13.2. The molecule has 5 heteroatoms. The molecule has 1 aromatic heterocycles. The summed E-state index contributed by atoms with van der Waals surface area (Å²) < 4.78 is 25.8. The van der Waals surface area contributed by atoms with E-state index in [-0.39, 0.29) is 5.56 Å². The van der Waals surface area contributed by atoms with E-state index in [4.69, 9.17) is 0 Å². The van der Waals surface area contributed by atoms with Gasteiger partial charge in [0.2, 0.25) is 0 Å². The predicted molar refractivity (Wildman–Crippen MR) is 51.2 cm³/mol. The smallest absolute Gasteiger partial charge is 0.162 e. The number of hydrogen-bond donors (Lipinski definition) is 2. The number of imidazole rings is 1. The van der Waals surface area contributed by atoms with Crippen LogP contribution in [0.25, 0.3) is 11.3 Å². The molecule has 0 atom stereocenters. The fourth-order valence-corrected chi connectivity index (χ4v) is 1.32. The molecular formula is C9H6F2N2S. The summed E-state index contributed by atoms with van der Waals surface area (Å²) in [6.45, 7) is 0. The van der Waals surface area contributed by atoms with E-state index in [0.717, 1.165) is 6.07 Å². The second kappa shape index (κ2) is 3.42. The molecule has 0 aliphatic carbocycles. The van der Waals surface area contributed by atoms with Crippen molar-refractivity contribution < 1.29 is 8.78 Å². The lowest BCUT2D eigenvalue weighted by Gasteiger charge is -1.98. The van der Waals surface area contributed by atoms with Gasteiger partial charge in [0.25, 0.3) is 0 Å². The Kier molecular flexibility index (Phi) is 2.25. The van der Waals surface area contributed by atoms with Crippen molar-refractivity contribution in [1.82, 2.24) is 9.97 Å². The quantitative estimate of drug-likeness (QED) is 0.699. The minimum Gasteiger partial charge on any atom is -0.339 e. The molecule has 0 saturated heterocycles. The minimum atomic E-state index is -0.634. The molecule has 1 heterocycles. The van der Waals surface area contributed by atoms with Gasteiger partial charge in [0, 0.05) is 17.8 Å². The van der Waals surface area contributed by atoms with Crippen LogP contribution >= 0.6 is 12.6 Å². The normalized spacial score (nSPS) is 10.5. The van der Waals surface area contributed by atoms with Crippen molar-refractivity contribution in [2.45, 2.75) is 5.16 Å². The Bertz CT molecular complexity index is 468. The van der Waals surface area contributed by atoms with E-state index in [1.807, 2.05) is 0 Å². The number of benzene rings is 1. The maximum atomic E-state index is 13.2. The first-order valence-corrected chi connectivity index (χ1v) is 4.31. The largest absolute Gasteiger partial charge is 0.339 e. The van der Waals surface area contributed by atoms with Crippen molar-refractivity contribution in [1.29, 1.82) is 0 Å². The summed E-state index contributed by atoms with van der Waals surface area (Å²) in [4.78, 5) is 6.62. The first-order valence-electron chi connectivity index (χ1n) is 3.86. The molecule has 0 radical (unpaired) electrons. The standard InChI is InChI=1S/C9H6F2N2S/c10-5-1-2-6(7(11)3-5)8-4-12-9(14)13-8/h1-4H,(H2,12,13,14). The molecule has 0 amide bonds. The van der Waals surface area contributed by atoms with E-state index in [1.165, 1.54) is 18.3 Å². The van der Waals surface area contributed by atoms with Gasteiger partial charge in [-0.15, -0.1) is 12.6 Å². The molecule has 0 fully saturated rings. The van der Waals surface area contributed by atoms with Gasteiger partial charge in [-0.2, -0.15) is 0 Å². The zero-order valence-electron chi connectivity index (χ0n) is 6.96. The second-order valence-electron chi connectivity index (χ2n) is 2.73. The fraction of sp³-hybridized carbons (Fsp3) is 0. The van der Waals surface area contributed by atoms with E-state index in [2.05, 4.69) is 22.6 Å². The van der Waals surface area contributed by atoms with Gasteiger partial charge in [-0.3, -0.25) is 0 Å². The molecule has 72 valence electrons. The summed E-state index contributed by atoms with van der Waals surface area (Å²) >= 11 is 3.95. The zero-order valence-corrected chi connectivity index (χ0v) is 7.85. The Morgan fingerprint density at radius 1 is 1.29 bits per heavy atom. The van der Waals surface area contributed by atoms with Crippen LogP contribution in [0.2, 0.25) is 0 Å². The molecule has 0 aliphatic heterocycles. The van der Waals surface area contributed by atoms with Crippen LogP contribution in [0.1, 0.15) is 0 Å². The van der Waals surface area contributed by atoms with Crippen LogP contribution in [0.3, 0.4) is 0 Å². The Balaban J connectivity index is 2.52. The molecule has 0 unspecified atom stereocenters. The van der Waals surface area contributed by atoms with E-state index in [9.17, 15) is 8.78 Å². The highest BCUT2D eigenvalue weighted by Gasteiger charge is 2.08. The molecule has 14 heavy (non-hydrogen) atoms. The summed E-state index contributed by atoms with van der Waals surface area (Å²) in [6.07, 6.45) is 1.51. The SMILES string of the molecule is Fc1ccc(-c2c[nH]c(S)n2)c(F)c1. The van der Waals surface area contributed by atoms with Gasteiger partial charge in [-0.1, -0.05) is 0 Å². The lowest BCUT2D eigenvalue weighted by atomic mass is 10.1. The first-order chi connectivity index (χ1) is 6.66. The van der Waals surface area contributed by atoms with Gasteiger partial charge in [-0.05, 0) is 12.1 Å². The molecule has 0 saturated carbocycles. The van der Waals surface area contributed by atoms with Crippen LogP contribution in [0.4, 0.5) is 8.78 Å². The van der Waals surface area contributed by atoms with Crippen LogP contribution in [-0.4, -0.2) is 9.97 Å². The van der Waals surface area contributed by atoms with Crippen LogP contribution in [-0.2, 0) is 0 Å². The third kappa shape index (κ3) is 1.63. The summed E-state index contributed by atoms with van der Waals surface area (Å²) in [5.74, 6) is -1.24. The van der Waals surface area contributed by atoms with E-state index in [0.29, 0.717) is 10.9 Å². The summed E-state index contributed by atoms with van der Waals surface area (Å²) in [7, 11) is 0. The van der Waals surface area contributed by atoms with E-state index in [1.54, 1.807) is 0 Å². The number of hydrogen-bond acceptors (Lipinski definition) is 2. The van der Waals surface area contributed by atoms with Crippen LogP contribution in [0.5, 0.6) is 0 Å². The summed E-state index contributed by atoms with van der Waals surface area (Å²) in [5.41, 5.74) is 0.662. The minimum absolute atomic E-state index is 0.253. The zero-order chi connectivity index (χ0) is 10.1. The molecule has 0 spiro atoms. The Morgan fingerprint density at radius 2 is 2.07 bits per heavy atom. The monoisotopic (exact) mass is 212 g/mol. The number of nitrogens with zero attached hydrogens (tertiary/aromatic N) is 1. The van der Waals surface area contributed by atoms with Crippen molar-refractivity contribution in [3.63, 3.8) is 0 Å². The Morgan fingerprint density at radius 3 is 2.64 bits per heavy atom. The van der Waals surface area contributed by atoms with E-state index < -0.39 is 11.6 Å². The van der Waals surface area contributed by atoms with Crippen molar-refractivity contribution >= 4 is 12.6 Å². The van der Waals surface area contributed by atoms with Crippen LogP contribution < -0.4 is 0 Å². The van der Waals surface area contributed by atoms with Gasteiger partial charge in [0.15, 0.2) is 5.16 Å². The number of aromatic nitrogens is 2. The highest BCUT2D eigenvalue weighted by molar-refractivity contribution is 7.80. The maximum Gasteiger partial charge on any atom is 0.162 e. The van der Waals surface area contributed by atoms with Crippen LogP contribution in [0.15, 0.2) is 29.6 Å². The number of H-pyrrole nitrogens is 1. The molecular weight excluding hydrogens is 206 g/mol. The number of rotatable bonds is 1. The third-order valence-electron chi connectivity index (χ3n) is 1.77. The van der Waals surface area contributed by atoms with Crippen molar-refractivity contribution in [2.75, 3.05) is 0 Å². The summed E-state index contributed by atoms with van der Waals surface area (Å²) in [6, 6.07) is 3.35. The molecule has 2 nitrogen and oxygen atoms in total. The molecule has 2 aromatic rings. The van der Waals surface area contributed by atoms with Gasteiger partial charge < -0.3 is 4.98 Å². The van der Waals surface area contributed by atoms with Crippen molar-refractivity contribution in [2.24, 2.45) is 0 Å². The molecule has 0 bridgehead atoms. The number of nitrogens with one attached hydrogen (secondary N) is 1. The highest BCUT2D eigenvalue weighted by atomic mass is 32.1. The molecule has 1 N–H and O–H groups in total. The van der Waals surface area contributed by atoms with Gasteiger partial charge in [-0.25, -0.2) is 13.8 Å². The lowest BCUT2D eigenvalue weighted by Crippen LogP contribution is -1.85. The predicted octanol–water partition coefficient (Wildman–Crippen LogP) is 2.64. The van der Waals surface area contributed by atoms with Crippen LogP contribution in [0, 0.1) is 11.6 Å². The van der Waals surface area contributed by atoms with Crippen molar-refractivity contribution in [3.8, 4) is 11.3 Å². The van der Waals surface area contributed by atoms with Gasteiger partial charge in [0.05, 0.1) is 5.69 Å². The second-order valence-corrected chi connectivity index (χ2v) is 3.16. The fourth-order valence-electron chi connectivity index (χ4n) is 1.15. The van der Waals surface area contributed by atoms with E-state index >= 15 is 0 Å². The van der Waals surface area contributed by atoms with Crippen molar-refractivity contribution in [3.05, 3.63) is 36.0 Å². The Labute approximate surface area is 84.4 Å².